The maximum atomic E-state index is 10.9. The van der Waals surface area contributed by atoms with Gasteiger partial charge in [-0.1, -0.05) is 24.3 Å². The first-order valence-corrected chi connectivity index (χ1v) is 5.38. The van der Waals surface area contributed by atoms with Gasteiger partial charge in [-0.15, -0.1) is 11.3 Å². The van der Waals surface area contributed by atoms with E-state index < -0.39 is 5.91 Å². The Balaban J connectivity index is 2.46. The SMILES string of the molecule is Cc1ccccc1-c1csc(C(N)=O)n1. The van der Waals surface area contributed by atoms with Crippen LogP contribution >= 0.6 is 11.3 Å². The molecule has 0 bridgehead atoms. The van der Waals surface area contributed by atoms with Gasteiger partial charge in [-0.25, -0.2) is 4.98 Å². The lowest BCUT2D eigenvalue weighted by atomic mass is 10.1. The van der Waals surface area contributed by atoms with E-state index in [0.29, 0.717) is 5.01 Å². The van der Waals surface area contributed by atoms with Gasteiger partial charge in [-0.05, 0) is 12.5 Å². The second-order valence-electron chi connectivity index (χ2n) is 3.22. The van der Waals surface area contributed by atoms with E-state index in [2.05, 4.69) is 4.98 Å². The van der Waals surface area contributed by atoms with Crippen LogP contribution in [0, 0.1) is 6.92 Å². The molecule has 0 saturated carbocycles. The zero-order valence-electron chi connectivity index (χ0n) is 8.23. The van der Waals surface area contributed by atoms with Crippen molar-refractivity contribution in [2.75, 3.05) is 0 Å². The van der Waals surface area contributed by atoms with Crippen LogP contribution in [0.15, 0.2) is 29.6 Å². The van der Waals surface area contributed by atoms with E-state index in [1.807, 2.05) is 36.6 Å². The number of benzene rings is 1. The van der Waals surface area contributed by atoms with Crippen LogP contribution in [0.2, 0.25) is 0 Å². The fraction of sp³-hybridized carbons (Fsp3) is 0.0909. The maximum Gasteiger partial charge on any atom is 0.277 e. The number of thiazole rings is 1. The number of aryl methyl sites for hydroxylation is 1. The minimum Gasteiger partial charge on any atom is -0.364 e. The van der Waals surface area contributed by atoms with E-state index in [0.717, 1.165) is 16.8 Å². The summed E-state index contributed by atoms with van der Waals surface area (Å²) in [5, 5.41) is 2.20. The summed E-state index contributed by atoms with van der Waals surface area (Å²) < 4.78 is 0. The van der Waals surface area contributed by atoms with Crippen molar-refractivity contribution < 1.29 is 4.79 Å². The molecular weight excluding hydrogens is 208 g/mol. The number of carbonyl (C=O) groups excluding carboxylic acids is 1. The van der Waals surface area contributed by atoms with Crippen molar-refractivity contribution in [3.05, 3.63) is 40.2 Å². The molecule has 3 nitrogen and oxygen atoms in total. The fourth-order valence-corrected chi connectivity index (χ4v) is 2.04. The summed E-state index contributed by atoms with van der Waals surface area (Å²) >= 11 is 1.28. The second kappa shape index (κ2) is 3.82. The first-order chi connectivity index (χ1) is 7.18. The van der Waals surface area contributed by atoms with Crippen LogP contribution in [0.1, 0.15) is 15.4 Å². The number of hydrogen-bond donors (Lipinski definition) is 1. The highest BCUT2D eigenvalue weighted by Crippen LogP contribution is 2.24. The Kier molecular flexibility index (Phi) is 2.51. The highest BCUT2D eigenvalue weighted by Gasteiger charge is 2.09. The van der Waals surface area contributed by atoms with Crippen molar-refractivity contribution in [2.45, 2.75) is 6.92 Å². The molecule has 0 aliphatic rings. The molecule has 0 radical (unpaired) electrons. The largest absolute Gasteiger partial charge is 0.364 e. The van der Waals surface area contributed by atoms with Crippen LogP contribution in [0.4, 0.5) is 0 Å². The molecule has 76 valence electrons. The molecule has 1 heterocycles. The standard InChI is InChI=1S/C11H10N2OS/c1-7-4-2-3-5-8(7)9-6-15-11(13-9)10(12)14/h2-6H,1H3,(H2,12,14). The molecule has 0 fully saturated rings. The number of carbonyl (C=O) groups is 1. The molecule has 1 aromatic carbocycles. The van der Waals surface area contributed by atoms with Crippen LogP contribution < -0.4 is 5.73 Å². The smallest absolute Gasteiger partial charge is 0.277 e. The third kappa shape index (κ3) is 1.89. The van der Waals surface area contributed by atoms with Gasteiger partial charge in [-0.2, -0.15) is 0 Å². The molecule has 0 saturated heterocycles. The van der Waals surface area contributed by atoms with Crippen molar-refractivity contribution in [2.24, 2.45) is 5.73 Å². The molecule has 1 aromatic heterocycles. The number of rotatable bonds is 2. The maximum absolute atomic E-state index is 10.9. The molecule has 2 N–H and O–H groups in total. The second-order valence-corrected chi connectivity index (χ2v) is 4.08. The zero-order valence-corrected chi connectivity index (χ0v) is 9.04. The number of nitrogens with two attached hydrogens (primary N) is 1. The van der Waals surface area contributed by atoms with Crippen molar-refractivity contribution >= 4 is 17.2 Å². The lowest BCUT2D eigenvalue weighted by molar-refractivity contribution is 0.1000. The molecule has 2 rings (SSSR count). The van der Waals surface area contributed by atoms with Crippen LogP contribution in [0.25, 0.3) is 11.3 Å². The summed E-state index contributed by atoms with van der Waals surface area (Å²) in [5.74, 6) is -0.472. The molecule has 4 heteroatoms. The predicted molar refractivity (Wildman–Crippen MR) is 60.8 cm³/mol. The van der Waals surface area contributed by atoms with Gasteiger partial charge in [0.15, 0.2) is 5.01 Å². The molecule has 0 unspecified atom stereocenters. The Morgan fingerprint density at radius 2 is 2.13 bits per heavy atom. The Morgan fingerprint density at radius 1 is 1.40 bits per heavy atom. The van der Waals surface area contributed by atoms with E-state index in [9.17, 15) is 4.79 Å². The summed E-state index contributed by atoms with van der Waals surface area (Å²) in [4.78, 5) is 15.1. The van der Waals surface area contributed by atoms with E-state index in [-0.39, 0.29) is 0 Å². The Labute approximate surface area is 91.6 Å². The normalized spacial score (nSPS) is 10.2. The van der Waals surface area contributed by atoms with Gasteiger partial charge in [0, 0.05) is 10.9 Å². The molecule has 0 spiro atoms. The Bertz CT molecular complexity index is 505. The average molecular weight is 218 g/mol. The molecule has 15 heavy (non-hydrogen) atoms. The molecule has 0 atom stereocenters. The number of aromatic nitrogens is 1. The van der Waals surface area contributed by atoms with Crippen molar-refractivity contribution in [3.63, 3.8) is 0 Å². The van der Waals surface area contributed by atoms with E-state index in [1.165, 1.54) is 11.3 Å². The van der Waals surface area contributed by atoms with Gasteiger partial charge in [-0.3, -0.25) is 4.79 Å². The quantitative estimate of drug-likeness (QED) is 0.840. The number of hydrogen-bond acceptors (Lipinski definition) is 3. The van der Waals surface area contributed by atoms with E-state index in [4.69, 9.17) is 5.73 Å². The summed E-state index contributed by atoms with van der Waals surface area (Å²) in [6.07, 6.45) is 0. The molecule has 0 aliphatic carbocycles. The first-order valence-electron chi connectivity index (χ1n) is 4.50. The third-order valence-electron chi connectivity index (χ3n) is 2.14. The third-order valence-corrected chi connectivity index (χ3v) is 2.99. The molecule has 2 aromatic rings. The van der Waals surface area contributed by atoms with Gasteiger partial charge >= 0.3 is 0 Å². The fourth-order valence-electron chi connectivity index (χ4n) is 1.37. The average Bonchev–Trinajstić information content (AvgIpc) is 2.67. The van der Waals surface area contributed by atoms with Gasteiger partial charge in [0.25, 0.3) is 5.91 Å². The number of nitrogens with zero attached hydrogens (tertiary/aromatic N) is 1. The van der Waals surface area contributed by atoms with E-state index >= 15 is 0 Å². The van der Waals surface area contributed by atoms with Gasteiger partial charge in [0.2, 0.25) is 0 Å². The molecular formula is C11H10N2OS. The lowest BCUT2D eigenvalue weighted by Gasteiger charge is -2.00. The monoisotopic (exact) mass is 218 g/mol. The van der Waals surface area contributed by atoms with Crippen molar-refractivity contribution in [3.8, 4) is 11.3 Å². The van der Waals surface area contributed by atoms with Gasteiger partial charge < -0.3 is 5.73 Å². The van der Waals surface area contributed by atoms with Crippen LogP contribution in [-0.2, 0) is 0 Å². The highest BCUT2D eigenvalue weighted by molar-refractivity contribution is 7.12. The van der Waals surface area contributed by atoms with Crippen LogP contribution in [0.5, 0.6) is 0 Å². The first kappa shape index (κ1) is 9.86. The van der Waals surface area contributed by atoms with Crippen molar-refractivity contribution in [1.29, 1.82) is 0 Å². The summed E-state index contributed by atoms with van der Waals surface area (Å²) in [6, 6.07) is 7.92. The Hall–Kier alpha value is -1.68. The van der Waals surface area contributed by atoms with Gasteiger partial charge in [0.1, 0.15) is 0 Å². The number of amides is 1. The zero-order chi connectivity index (χ0) is 10.8. The molecule has 1 amide bonds. The van der Waals surface area contributed by atoms with Crippen LogP contribution in [-0.4, -0.2) is 10.9 Å². The van der Waals surface area contributed by atoms with Crippen LogP contribution in [0.3, 0.4) is 0 Å². The van der Waals surface area contributed by atoms with E-state index in [1.54, 1.807) is 0 Å². The van der Waals surface area contributed by atoms with Crippen molar-refractivity contribution in [1.82, 2.24) is 4.98 Å². The lowest BCUT2D eigenvalue weighted by Crippen LogP contribution is -2.10. The number of primary amides is 1. The topological polar surface area (TPSA) is 56.0 Å². The predicted octanol–water partition coefficient (Wildman–Crippen LogP) is 2.22. The summed E-state index contributed by atoms with van der Waals surface area (Å²) in [6.45, 7) is 2.01. The minimum absolute atomic E-state index is 0.355. The van der Waals surface area contributed by atoms with Gasteiger partial charge in [0.05, 0.1) is 5.69 Å². The Morgan fingerprint density at radius 3 is 2.73 bits per heavy atom. The molecule has 0 aliphatic heterocycles. The summed E-state index contributed by atoms with van der Waals surface area (Å²) in [7, 11) is 0. The summed E-state index contributed by atoms with van der Waals surface area (Å²) in [5.41, 5.74) is 8.14. The highest BCUT2D eigenvalue weighted by atomic mass is 32.1. The minimum atomic E-state index is -0.472.